The molecule has 0 spiro atoms. The molecule has 0 aliphatic carbocycles. The van der Waals surface area contributed by atoms with E-state index in [1.807, 2.05) is 12.1 Å². The first-order valence-corrected chi connectivity index (χ1v) is 11.6. The lowest BCUT2D eigenvalue weighted by atomic mass is 10.1. The minimum atomic E-state index is -0.139. The van der Waals surface area contributed by atoms with Crippen LogP contribution in [0.15, 0.2) is 29.3 Å². The molecule has 8 heteroatoms. The van der Waals surface area contributed by atoms with Crippen LogP contribution in [0.2, 0.25) is 0 Å². The largest absolute Gasteiger partial charge is 0.366 e. The number of benzene rings is 1. The van der Waals surface area contributed by atoms with Crippen LogP contribution in [-0.2, 0) is 0 Å². The molecule has 2 aliphatic heterocycles. The van der Waals surface area contributed by atoms with Crippen LogP contribution in [-0.4, -0.2) is 99.2 Å². The molecule has 6 nitrogen and oxygen atoms in total. The van der Waals surface area contributed by atoms with E-state index >= 15 is 0 Å². The highest BCUT2D eigenvalue weighted by atomic mass is 127. The predicted molar refractivity (Wildman–Crippen MR) is 139 cm³/mol. The summed E-state index contributed by atoms with van der Waals surface area (Å²) in [6.07, 6.45) is 0. The Morgan fingerprint density at radius 1 is 1.00 bits per heavy atom. The molecule has 2 fully saturated rings. The summed E-state index contributed by atoms with van der Waals surface area (Å²) >= 11 is 0. The molecule has 31 heavy (non-hydrogen) atoms. The van der Waals surface area contributed by atoms with Crippen molar-refractivity contribution < 1.29 is 4.39 Å². The third-order valence-corrected chi connectivity index (χ3v) is 6.14. The predicted octanol–water partition coefficient (Wildman–Crippen LogP) is 2.80. The molecule has 1 unspecified atom stereocenters. The van der Waals surface area contributed by atoms with Gasteiger partial charge in [-0.1, -0.05) is 26.0 Å². The zero-order valence-electron chi connectivity index (χ0n) is 19.4. The lowest BCUT2D eigenvalue weighted by Gasteiger charge is -2.38. The van der Waals surface area contributed by atoms with E-state index in [2.05, 4.69) is 45.7 Å². The molecular formula is C23H40FIN6. The van der Waals surface area contributed by atoms with Crippen LogP contribution >= 0.6 is 24.0 Å². The van der Waals surface area contributed by atoms with Gasteiger partial charge in [-0.25, -0.2) is 4.39 Å². The zero-order chi connectivity index (χ0) is 21.3. The van der Waals surface area contributed by atoms with Crippen molar-refractivity contribution >= 4 is 35.6 Å². The van der Waals surface area contributed by atoms with Crippen LogP contribution in [0.1, 0.15) is 20.8 Å². The highest BCUT2D eigenvalue weighted by Gasteiger charge is 2.22. The molecule has 0 bridgehead atoms. The van der Waals surface area contributed by atoms with Crippen molar-refractivity contribution in [2.24, 2.45) is 10.9 Å². The number of anilines is 1. The van der Waals surface area contributed by atoms with Crippen molar-refractivity contribution in [1.82, 2.24) is 20.0 Å². The molecule has 2 heterocycles. The average Bonchev–Trinajstić information content (AvgIpc) is 2.78. The second kappa shape index (κ2) is 13.4. The fourth-order valence-electron chi connectivity index (χ4n) is 4.32. The van der Waals surface area contributed by atoms with Crippen LogP contribution in [0.4, 0.5) is 10.1 Å². The van der Waals surface area contributed by atoms with Gasteiger partial charge in [0.1, 0.15) is 5.82 Å². The first kappa shape index (κ1) is 26.1. The van der Waals surface area contributed by atoms with Crippen molar-refractivity contribution in [3.8, 4) is 0 Å². The van der Waals surface area contributed by atoms with E-state index in [4.69, 9.17) is 4.99 Å². The fraction of sp³-hybridized carbons (Fsp3) is 0.696. The highest BCUT2D eigenvalue weighted by Crippen LogP contribution is 2.20. The Morgan fingerprint density at radius 3 is 2.26 bits per heavy atom. The Balaban J connectivity index is 0.00000341. The van der Waals surface area contributed by atoms with Crippen molar-refractivity contribution in [3.63, 3.8) is 0 Å². The van der Waals surface area contributed by atoms with E-state index in [9.17, 15) is 4.39 Å². The molecule has 0 radical (unpaired) electrons. The highest BCUT2D eigenvalue weighted by molar-refractivity contribution is 14.0. The second-order valence-electron chi connectivity index (χ2n) is 8.46. The number of hydrogen-bond acceptors (Lipinski definition) is 4. The number of nitrogens with one attached hydrogen (secondary N) is 1. The summed E-state index contributed by atoms with van der Waals surface area (Å²) in [6, 6.07) is 7.05. The van der Waals surface area contributed by atoms with Crippen LogP contribution in [0.3, 0.4) is 0 Å². The number of guanidine groups is 1. The summed E-state index contributed by atoms with van der Waals surface area (Å²) in [5.41, 5.74) is 0.705. The van der Waals surface area contributed by atoms with Crippen molar-refractivity contribution in [2.45, 2.75) is 20.8 Å². The fourth-order valence-corrected chi connectivity index (χ4v) is 4.32. The number of para-hydroxylation sites is 1. The first-order chi connectivity index (χ1) is 14.6. The molecule has 1 aromatic carbocycles. The minimum Gasteiger partial charge on any atom is -0.366 e. The molecule has 0 aromatic heterocycles. The molecule has 2 saturated heterocycles. The van der Waals surface area contributed by atoms with Crippen LogP contribution in [0.25, 0.3) is 0 Å². The van der Waals surface area contributed by atoms with Gasteiger partial charge < -0.3 is 24.9 Å². The van der Waals surface area contributed by atoms with Crippen LogP contribution < -0.4 is 10.2 Å². The number of nitrogens with zero attached hydrogens (tertiary/aromatic N) is 5. The SMILES string of the molecule is CCNC(=NCC(C)CN1CCN(CC)CC1)N1CCN(c2ccccc2F)CC1.I. The van der Waals surface area contributed by atoms with Gasteiger partial charge in [0.2, 0.25) is 0 Å². The smallest absolute Gasteiger partial charge is 0.194 e. The quantitative estimate of drug-likeness (QED) is 0.324. The number of likely N-dealkylation sites (N-methyl/N-ethyl adjacent to an activating group) is 1. The molecule has 1 aromatic rings. The topological polar surface area (TPSA) is 37.4 Å². The van der Waals surface area contributed by atoms with Gasteiger partial charge in [-0.3, -0.25) is 4.99 Å². The van der Waals surface area contributed by atoms with E-state index < -0.39 is 0 Å². The number of rotatable bonds is 7. The van der Waals surface area contributed by atoms with Gasteiger partial charge in [0.15, 0.2) is 5.96 Å². The van der Waals surface area contributed by atoms with Crippen molar-refractivity contribution in [3.05, 3.63) is 30.1 Å². The maximum atomic E-state index is 14.1. The van der Waals surface area contributed by atoms with E-state index in [0.29, 0.717) is 11.6 Å². The minimum absolute atomic E-state index is 0. The summed E-state index contributed by atoms with van der Waals surface area (Å²) in [5, 5.41) is 3.45. The molecule has 0 saturated carbocycles. The Morgan fingerprint density at radius 2 is 1.65 bits per heavy atom. The Bertz CT molecular complexity index is 672. The monoisotopic (exact) mass is 546 g/mol. The van der Waals surface area contributed by atoms with Crippen molar-refractivity contribution in [2.75, 3.05) is 83.4 Å². The van der Waals surface area contributed by atoms with Gasteiger partial charge in [-0.05, 0) is 31.5 Å². The Hall–Kier alpha value is -1.13. The van der Waals surface area contributed by atoms with Crippen LogP contribution in [0, 0.1) is 11.7 Å². The number of hydrogen-bond donors (Lipinski definition) is 1. The molecule has 1 atom stereocenters. The summed E-state index contributed by atoms with van der Waals surface area (Å²) in [7, 11) is 0. The standard InChI is InChI=1S/C23H39FN6.HI/c1-4-25-23(26-18-20(3)19-28-12-10-27(5-2)11-13-28)30-16-14-29(15-17-30)22-9-7-6-8-21(22)24;/h6-9,20H,4-5,10-19H2,1-3H3,(H,25,26);1H. The van der Waals surface area contributed by atoms with Crippen LogP contribution in [0.5, 0.6) is 0 Å². The maximum Gasteiger partial charge on any atom is 0.194 e. The van der Waals surface area contributed by atoms with Gasteiger partial charge in [0.25, 0.3) is 0 Å². The van der Waals surface area contributed by atoms with E-state index in [1.54, 1.807) is 6.07 Å². The maximum absolute atomic E-state index is 14.1. The second-order valence-corrected chi connectivity index (χ2v) is 8.46. The lowest BCUT2D eigenvalue weighted by molar-refractivity contribution is 0.125. The van der Waals surface area contributed by atoms with Crippen molar-refractivity contribution in [1.29, 1.82) is 0 Å². The third-order valence-electron chi connectivity index (χ3n) is 6.14. The zero-order valence-corrected chi connectivity index (χ0v) is 21.7. The average molecular weight is 547 g/mol. The first-order valence-electron chi connectivity index (χ1n) is 11.6. The molecule has 3 rings (SSSR count). The molecule has 2 aliphatic rings. The van der Waals surface area contributed by atoms with Gasteiger partial charge in [0, 0.05) is 72.0 Å². The summed E-state index contributed by atoms with van der Waals surface area (Å²) in [5.74, 6) is 1.39. The van der Waals surface area contributed by atoms with E-state index in [-0.39, 0.29) is 29.8 Å². The Labute approximate surface area is 204 Å². The normalized spacial score (nSPS) is 19.8. The van der Waals surface area contributed by atoms with E-state index in [0.717, 1.165) is 58.3 Å². The summed E-state index contributed by atoms with van der Waals surface area (Å²) in [6.45, 7) is 18.6. The number of piperazine rings is 2. The Kier molecular flexibility index (Phi) is 11.3. The van der Waals surface area contributed by atoms with E-state index in [1.165, 1.54) is 32.2 Å². The van der Waals surface area contributed by atoms with Gasteiger partial charge >= 0.3 is 0 Å². The molecule has 176 valence electrons. The number of aliphatic imine (C=N–C) groups is 1. The molecule has 0 amide bonds. The van der Waals surface area contributed by atoms with Gasteiger partial charge in [-0.2, -0.15) is 0 Å². The summed E-state index contributed by atoms with van der Waals surface area (Å²) in [4.78, 5) is 14.5. The molecular weight excluding hydrogens is 506 g/mol. The third kappa shape index (κ3) is 7.75. The lowest BCUT2D eigenvalue weighted by Crippen LogP contribution is -2.53. The van der Waals surface area contributed by atoms with Gasteiger partial charge in [-0.15, -0.1) is 24.0 Å². The summed E-state index contributed by atoms with van der Waals surface area (Å²) < 4.78 is 14.1. The van der Waals surface area contributed by atoms with Gasteiger partial charge in [0.05, 0.1) is 5.69 Å². The number of halogens is 2. The molecule has 1 N–H and O–H groups in total.